The van der Waals surface area contributed by atoms with E-state index in [9.17, 15) is 4.79 Å². The molecule has 0 saturated heterocycles. The highest BCUT2D eigenvalue weighted by atomic mass is 16.2. The Morgan fingerprint density at radius 3 is 3.10 bits per heavy atom. The molecule has 2 N–H and O–H groups in total. The number of aromatic nitrogens is 3. The first kappa shape index (κ1) is 13.8. The van der Waals surface area contributed by atoms with Gasteiger partial charge in [0.15, 0.2) is 0 Å². The second-order valence-electron chi connectivity index (χ2n) is 4.03. The van der Waals surface area contributed by atoms with Gasteiger partial charge in [-0.05, 0) is 17.7 Å². The number of nitrogens with zero attached hydrogens (tertiary/aromatic N) is 3. The van der Waals surface area contributed by atoms with Gasteiger partial charge in [-0.1, -0.05) is 24.0 Å². The van der Waals surface area contributed by atoms with Gasteiger partial charge in [-0.2, -0.15) is 5.10 Å². The molecule has 0 aliphatic rings. The van der Waals surface area contributed by atoms with Crippen molar-refractivity contribution in [3.8, 4) is 11.8 Å². The Hall–Kier alpha value is -2.65. The van der Waals surface area contributed by atoms with E-state index in [0.717, 1.165) is 11.1 Å². The van der Waals surface area contributed by atoms with Crippen LogP contribution in [-0.4, -0.2) is 32.4 Å². The molecule has 0 unspecified atom stereocenters. The summed E-state index contributed by atoms with van der Waals surface area (Å²) in [6.07, 6.45) is 2.88. The third-order valence-corrected chi connectivity index (χ3v) is 2.50. The molecule has 20 heavy (non-hydrogen) atoms. The standard InChI is InChI=1S/C14H14N4O2/c19-6-2-5-12-3-1-4-13(7-12)8-16-14(20)9-18-11-15-10-17-18/h1,3-4,7,10-11,19H,6,8-9H2,(H,16,20). The summed E-state index contributed by atoms with van der Waals surface area (Å²) in [4.78, 5) is 15.4. The number of aliphatic hydroxyl groups is 1. The Kier molecular flexibility index (Phi) is 4.87. The lowest BCUT2D eigenvalue weighted by Gasteiger charge is -2.05. The van der Waals surface area contributed by atoms with Crippen molar-refractivity contribution >= 4 is 5.91 Å². The van der Waals surface area contributed by atoms with Crippen molar-refractivity contribution in [1.82, 2.24) is 20.1 Å². The van der Waals surface area contributed by atoms with Crippen molar-refractivity contribution in [3.05, 3.63) is 48.0 Å². The van der Waals surface area contributed by atoms with Crippen molar-refractivity contribution < 1.29 is 9.90 Å². The van der Waals surface area contributed by atoms with Crippen LogP contribution in [0.3, 0.4) is 0 Å². The minimum absolute atomic E-state index is 0.137. The fourth-order valence-electron chi connectivity index (χ4n) is 1.62. The number of carbonyl (C=O) groups excluding carboxylic acids is 1. The highest BCUT2D eigenvalue weighted by Crippen LogP contribution is 2.03. The monoisotopic (exact) mass is 270 g/mol. The number of hydrogen-bond acceptors (Lipinski definition) is 4. The van der Waals surface area contributed by atoms with Crippen LogP contribution >= 0.6 is 0 Å². The summed E-state index contributed by atoms with van der Waals surface area (Å²) in [6.45, 7) is 0.394. The highest BCUT2D eigenvalue weighted by Gasteiger charge is 2.03. The van der Waals surface area contributed by atoms with E-state index >= 15 is 0 Å². The summed E-state index contributed by atoms with van der Waals surface area (Å²) >= 11 is 0. The third kappa shape index (κ3) is 4.23. The van der Waals surface area contributed by atoms with E-state index < -0.39 is 0 Å². The molecule has 2 rings (SSSR count). The van der Waals surface area contributed by atoms with Crippen molar-refractivity contribution in [2.45, 2.75) is 13.1 Å². The van der Waals surface area contributed by atoms with E-state index in [2.05, 4.69) is 27.2 Å². The minimum atomic E-state index is -0.168. The van der Waals surface area contributed by atoms with Gasteiger partial charge in [0.05, 0.1) is 0 Å². The Morgan fingerprint density at radius 2 is 2.35 bits per heavy atom. The zero-order valence-electron chi connectivity index (χ0n) is 10.8. The molecule has 102 valence electrons. The summed E-state index contributed by atoms with van der Waals surface area (Å²) in [5, 5.41) is 15.3. The minimum Gasteiger partial charge on any atom is -0.384 e. The highest BCUT2D eigenvalue weighted by molar-refractivity contribution is 5.75. The van der Waals surface area contributed by atoms with E-state index in [-0.39, 0.29) is 19.1 Å². The largest absolute Gasteiger partial charge is 0.384 e. The Balaban J connectivity index is 1.88. The van der Waals surface area contributed by atoms with Crippen LogP contribution in [-0.2, 0) is 17.9 Å². The average Bonchev–Trinajstić information content (AvgIpc) is 2.96. The topological polar surface area (TPSA) is 80.0 Å². The summed E-state index contributed by atoms with van der Waals surface area (Å²) in [5.74, 6) is 5.27. The SMILES string of the molecule is O=C(Cn1cncn1)NCc1cccc(C#CCO)c1. The first-order valence-corrected chi connectivity index (χ1v) is 6.05. The van der Waals surface area contributed by atoms with Crippen molar-refractivity contribution in [2.75, 3.05) is 6.61 Å². The van der Waals surface area contributed by atoms with Gasteiger partial charge in [-0.25, -0.2) is 9.67 Å². The van der Waals surface area contributed by atoms with Gasteiger partial charge in [0.1, 0.15) is 25.8 Å². The molecule has 1 heterocycles. The number of nitrogens with one attached hydrogen (secondary N) is 1. The second-order valence-corrected chi connectivity index (χ2v) is 4.03. The van der Waals surface area contributed by atoms with E-state index in [1.54, 1.807) is 0 Å². The first-order valence-electron chi connectivity index (χ1n) is 6.05. The molecule has 1 amide bonds. The van der Waals surface area contributed by atoms with Gasteiger partial charge in [-0.3, -0.25) is 4.79 Å². The van der Waals surface area contributed by atoms with Crippen molar-refractivity contribution in [3.63, 3.8) is 0 Å². The van der Waals surface area contributed by atoms with Crippen LogP contribution in [0.4, 0.5) is 0 Å². The molecule has 6 heteroatoms. The number of benzene rings is 1. The molecule has 0 spiro atoms. The molecule has 6 nitrogen and oxygen atoms in total. The normalized spacial score (nSPS) is 9.65. The predicted molar refractivity (Wildman–Crippen MR) is 72.3 cm³/mol. The lowest BCUT2D eigenvalue weighted by atomic mass is 10.1. The van der Waals surface area contributed by atoms with Gasteiger partial charge >= 0.3 is 0 Å². The maximum Gasteiger partial charge on any atom is 0.242 e. The molecule has 2 aromatic rings. The maximum atomic E-state index is 11.7. The molecule has 0 radical (unpaired) electrons. The maximum absolute atomic E-state index is 11.7. The lowest BCUT2D eigenvalue weighted by Crippen LogP contribution is -2.27. The molecule has 0 saturated carbocycles. The van der Waals surface area contributed by atoms with Crippen LogP contribution in [0.15, 0.2) is 36.9 Å². The van der Waals surface area contributed by atoms with Crippen LogP contribution in [0.25, 0.3) is 0 Å². The second kappa shape index (κ2) is 7.07. The van der Waals surface area contributed by atoms with Crippen LogP contribution in [0.5, 0.6) is 0 Å². The first-order chi connectivity index (χ1) is 9.78. The summed E-state index contributed by atoms with van der Waals surface area (Å²) in [7, 11) is 0. The molecule has 1 aromatic carbocycles. The van der Waals surface area contributed by atoms with Crippen LogP contribution in [0, 0.1) is 11.8 Å². The molecule has 0 fully saturated rings. The van der Waals surface area contributed by atoms with E-state index in [1.807, 2.05) is 24.3 Å². The summed E-state index contributed by atoms with van der Waals surface area (Å²) in [6, 6.07) is 7.49. The molecule has 0 atom stereocenters. The van der Waals surface area contributed by atoms with Gasteiger partial charge < -0.3 is 10.4 Å². The molecule has 0 bridgehead atoms. The van der Waals surface area contributed by atoms with Gasteiger partial charge in [0, 0.05) is 12.1 Å². The van der Waals surface area contributed by atoms with Crippen LogP contribution in [0.1, 0.15) is 11.1 Å². The average molecular weight is 270 g/mol. The Morgan fingerprint density at radius 1 is 1.45 bits per heavy atom. The Bertz CT molecular complexity index is 626. The number of amides is 1. The number of carbonyl (C=O) groups is 1. The number of rotatable bonds is 4. The van der Waals surface area contributed by atoms with Crippen molar-refractivity contribution in [1.29, 1.82) is 0 Å². The predicted octanol–water partition coefficient (Wildman–Crippen LogP) is -0.0617. The van der Waals surface area contributed by atoms with E-state index in [0.29, 0.717) is 6.54 Å². The fraction of sp³-hybridized carbons (Fsp3) is 0.214. The zero-order valence-corrected chi connectivity index (χ0v) is 10.8. The number of aliphatic hydroxyl groups excluding tert-OH is 1. The van der Waals surface area contributed by atoms with Gasteiger partial charge in [0.25, 0.3) is 0 Å². The van der Waals surface area contributed by atoms with Crippen LogP contribution in [0.2, 0.25) is 0 Å². The summed E-state index contributed by atoms with van der Waals surface area (Å²) < 4.78 is 1.46. The van der Waals surface area contributed by atoms with Gasteiger partial charge in [-0.15, -0.1) is 0 Å². The quantitative estimate of drug-likeness (QED) is 0.763. The molecule has 1 aromatic heterocycles. The molecular formula is C14H14N4O2. The smallest absolute Gasteiger partial charge is 0.242 e. The zero-order chi connectivity index (χ0) is 14.2. The fourth-order valence-corrected chi connectivity index (χ4v) is 1.62. The van der Waals surface area contributed by atoms with E-state index in [1.165, 1.54) is 17.3 Å². The molecule has 0 aliphatic carbocycles. The Labute approximate surface area is 116 Å². The van der Waals surface area contributed by atoms with Crippen LogP contribution < -0.4 is 5.32 Å². The molecular weight excluding hydrogens is 256 g/mol. The number of hydrogen-bond donors (Lipinski definition) is 2. The summed E-state index contributed by atoms with van der Waals surface area (Å²) in [5.41, 5.74) is 1.75. The third-order valence-electron chi connectivity index (χ3n) is 2.50. The molecule has 0 aliphatic heterocycles. The lowest BCUT2D eigenvalue weighted by molar-refractivity contribution is -0.122. The van der Waals surface area contributed by atoms with Crippen molar-refractivity contribution in [2.24, 2.45) is 0 Å². The van der Waals surface area contributed by atoms with Gasteiger partial charge in [0.2, 0.25) is 5.91 Å². The van der Waals surface area contributed by atoms with E-state index in [4.69, 9.17) is 5.11 Å².